The zero-order chi connectivity index (χ0) is 16.6. The topological polar surface area (TPSA) is 82.1 Å². The predicted molar refractivity (Wildman–Crippen MR) is 89.1 cm³/mol. The van der Waals surface area contributed by atoms with E-state index in [4.69, 9.17) is 0 Å². The van der Waals surface area contributed by atoms with Gasteiger partial charge in [-0.15, -0.1) is 0 Å². The Bertz CT molecular complexity index is 878. The second kappa shape index (κ2) is 5.72. The van der Waals surface area contributed by atoms with Crippen LogP contribution in [-0.4, -0.2) is 44.4 Å². The van der Waals surface area contributed by atoms with Crippen molar-refractivity contribution in [3.05, 3.63) is 59.9 Å². The van der Waals surface area contributed by atoms with Crippen molar-refractivity contribution in [1.82, 2.24) is 20.3 Å². The Hall–Kier alpha value is -2.73. The van der Waals surface area contributed by atoms with Crippen LogP contribution in [0.2, 0.25) is 0 Å². The summed E-state index contributed by atoms with van der Waals surface area (Å²) < 4.78 is 0. The molecule has 3 aromatic rings. The van der Waals surface area contributed by atoms with Crippen LogP contribution in [0.15, 0.2) is 48.7 Å². The number of carbonyl (C=O) groups is 1. The molecular formula is C18H18N4O2. The standard InChI is InChI=1S/C18H18N4O2/c23-17(10-13-5-6-14-3-1-2-4-15(14)9-13)22-8-7-18(24,12-22)16-11-19-21-20-16/h1-6,9,11,24H,7-8,10,12H2,(H,19,20,21)/t18-/m1/s1. The van der Waals surface area contributed by atoms with Gasteiger partial charge in [0, 0.05) is 13.0 Å². The number of aliphatic hydroxyl groups is 1. The van der Waals surface area contributed by atoms with Crippen LogP contribution in [0.25, 0.3) is 10.8 Å². The van der Waals surface area contributed by atoms with Crippen LogP contribution >= 0.6 is 0 Å². The van der Waals surface area contributed by atoms with Crippen LogP contribution in [0.3, 0.4) is 0 Å². The van der Waals surface area contributed by atoms with E-state index >= 15 is 0 Å². The van der Waals surface area contributed by atoms with Crippen molar-refractivity contribution < 1.29 is 9.90 Å². The molecule has 2 N–H and O–H groups in total. The van der Waals surface area contributed by atoms with Gasteiger partial charge in [-0.1, -0.05) is 42.5 Å². The third-order valence-corrected chi connectivity index (χ3v) is 4.66. The smallest absolute Gasteiger partial charge is 0.227 e. The molecule has 1 amide bonds. The van der Waals surface area contributed by atoms with Gasteiger partial charge in [-0.3, -0.25) is 4.79 Å². The maximum Gasteiger partial charge on any atom is 0.227 e. The van der Waals surface area contributed by atoms with Gasteiger partial charge in [-0.25, -0.2) is 0 Å². The maximum atomic E-state index is 12.6. The summed E-state index contributed by atoms with van der Waals surface area (Å²) in [6.45, 7) is 0.779. The Kier molecular flexibility index (Phi) is 3.54. The molecule has 1 aromatic heterocycles. The summed E-state index contributed by atoms with van der Waals surface area (Å²) in [4.78, 5) is 14.3. The first-order chi connectivity index (χ1) is 11.6. The number of carbonyl (C=O) groups excluding carboxylic acids is 1. The van der Waals surface area contributed by atoms with Crippen LogP contribution in [0.1, 0.15) is 17.7 Å². The minimum absolute atomic E-state index is 0.0182. The third-order valence-electron chi connectivity index (χ3n) is 4.66. The van der Waals surface area contributed by atoms with Crippen molar-refractivity contribution in [2.45, 2.75) is 18.4 Å². The minimum atomic E-state index is -1.11. The number of nitrogens with zero attached hydrogens (tertiary/aromatic N) is 3. The molecule has 0 spiro atoms. The summed E-state index contributed by atoms with van der Waals surface area (Å²) in [7, 11) is 0. The molecule has 1 aliphatic heterocycles. The molecule has 2 aromatic carbocycles. The molecule has 0 saturated carbocycles. The zero-order valence-corrected chi connectivity index (χ0v) is 13.1. The van der Waals surface area contributed by atoms with Crippen LogP contribution in [0.5, 0.6) is 0 Å². The number of hydrogen-bond acceptors (Lipinski definition) is 4. The molecule has 24 heavy (non-hydrogen) atoms. The van der Waals surface area contributed by atoms with Gasteiger partial charge in [0.2, 0.25) is 5.91 Å². The Balaban J connectivity index is 1.48. The number of aromatic amines is 1. The fourth-order valence-electron chi connectivity index (χ4n) is 3.28. The second-order valence-corrected chi connectivity index (χ2v) is 6.31. The van der Waals surface area contributed by atoms with Crippen LogP contribution in [0.4, 0.5) is 0 Å². The molecule has 2 heterocycles. The predicted octanol–water partition coefficient (Wildman–Crippen LogP) is 1.62. The van der Waals surface area contributed by atoms with Crippen molar-refractivity contribution in [1.29, 1.82) is 0 Å². The number of fused-ring (bicyclic) bond motifs is 1. The van der Waals surface area contributed by atoms with Crippen LogP contribution in [0, 0.1) is 0 Å². The molecule has 0 bridgehead atoms. The van der Waals surface area contributed by atoms with E-state index < -0.39 is 5.60 Å². The van der Waals surface area contributed by atoms with E-state index in [1.165, 1.54) is 6.20 Å². The van der Waals surface area contributed by atoms with Gasteiger partial charge in [0.15, 0.2) is 0 Å². The van der Waals surface area contributed by atoms with E-state index in [1.807, 2.05) is 36.4 Å². The van der Waals surface area contributed by atoms with Crippen molar-refractivity contribution in [2.24, 2.45) is 0 Å². The quantitative estimate of drug-likeness (QED) is 0.768. The summed E-state index contributed by atoms with van der Waals surface area (Å²) in [5, 5.41) is 23.2. The number of benzene rings is 2. The van der Waals surface area contributed by atoms with Crippen molar-refractivity contribution >= 4 is 16.7 Å². The van der Waals surface area contributed by atoms with Crippen LogP contribution in [-0.2, 0) is 16.8 Å². The number of likely N-dealkylation sites (tertiary alicyclic amines) is 1. The average Bonchev–Trinajstić information content (AvgIpc) is 3.25. The number of β-amino-alcohol motifs (C(OH)–C–C–N with tert-alkyl or cyclic N) is 1. The van der Waals surface area contributed by atoms with Gasteiger partial charge >= 0.3 is 0 Å². The summed E-state index contributed by atoms with van der Waals surface area (Å²) in [6.07, 6.45) is 2.32. The van der Waals surface area contributed by atoms with E-state index in [9.17, 15) is 9.90 Å². The largest absolute Gasteiger partial charge is 0.381 e. The number of rotatable bonds is 3. The molecule has 122 valence electrons. The first-order valence-electron chi connectivity index (χ1n) is 7.98. The number of aromatic nitrogens is 3. The monoisotopic (exact) mass is 322 g/mol. The van der Waals surface area contributed by atoms with E-state index in [1.54, 1.807) is 4.90 Å². The van der Waals surface area contributed by atoms with Gasteiger partial charge in [0.05, 0.1) is 19.2 Å². The average molecular weight is 322 g/mol. The van der Waals surface area contributed by atoms with Crippen LogP contribution < -0.4 is 0 Å². The highest BCUT2D eigenvalue weighted by atomic mass is 16.3. The fourth-order valence-corrected chi connectivity index (χ4v) is 3.28. The lowest BCUT2D eigenvalue weighted by molar-refractivity contribution is -0.130. The lowest BCUT2D eigenvalue weighted by atomic mass is 10.00. The molecule has 1 fully saturated rings. The summed E-state index contributed by atoms with van der Waals surface area (Å²) >= 11 is 0. The molecule has 4 rings (SSSR count). The zero-order valence-electron chi connectivity index (χ0n) is 13.1. The van der Waals surface area contributed by atoms with E-state index in [0.717, 1.165) is 16.3 Å². The lowest BCUT2D eigenvalue weighted by Crippen LogP contribution is -2.35. The number of hydrogen-bond donors (Lipinski definition) is 2. The highest BCUT2D eigenvalue weighted by Gasteiger charge is 2.41. The lowest BCUT2D eigenvalue weighted by Gasteiger charge is -2.21. The summed E-state index contributed by atoms with van der Waals surface area (Å²) in [5.41, 5.74) is 0.366. The minimum Gasteiger partial charge on any atom is -0.381 e. The Morgan fingerprint density at radius 3 is 2.88 bits per heavy atom. The second-order valence-electron chi connectivity index (χ2n) is 6.31. The fraction of sp³-hybridized carbons (Fsp3) is 0.278. The van der Waals surface area contributed by atoms with Crippen molar-refractivity contribution in [3.63, 3.8) is 0 Å². The number of nitrogens with one attached hydrogen (secondary N) is 1. The third kappa shape index (κ3) is 2.65. The number of amides is 1. The highest BCUT2D eigenvalue weighted by Crippen LogP contribution is 2.30. The Morgan fingerprint density at radius 2 is 2.08 bits per heavy atom. The van der Waals surface area contributed by atoms with E-state index in [2.05, 4.69) is 21.5 Å². The Morgan fingerprint density at radius 1 is 1.25 bits per heavy atom. The SMILES string of the molecule is O=C(Cc1ccc2ccccc2c1)N1CC[C@](O)(c2cn[nH]n2)C1. The summed E-state index contributed by atoms with van der Waals surface area (Å²) in [6, 6.07) is 14.2. The molecule has 6 nitrogen and oxygen atoms in total. The normalized spacial score (nSPS) is 20.6. The van der Waals surface area contributed by atoms with Gasteiger partial charge in [0.1, 0.15) is 11.3 Å². The first-order valence-corrected chi connectivity index (χ1v) is 7.98. The highest BCUT2D eigenvalue weighted by molar-refractivity contribution is 5.85. The molecule has 1 saturated heterocycles. The molecular weight excluding hydrogens is 304 g/mol. The number of H-pyrrole nitrogens is 1. The van der Waals surface area contributed by atoms with Gasteiger partial charge < -0.3 is 10.0 Å². The molecule has 1 aliphatic rings. The van der Waals surface area contributed by atoms with Crippen molar-refractivity contribution in [3.8, 4) is 0 Å². The molecule has 0 aliphatic carbocycles. The molecule has 0 radical (unpaired) electrons. The first kappa shape index (κ1) is 14.8. The molecule has 0 unspecified atom stereocenters. The Labute approximate surface area is 139 Å². The van der Waals surface area contributed by atoms with Gasteiger partial charge in [0.25, 0.3) is 0 Å². The van der Waals surface area contributed by atoms with E-state index in [0.29, 0.717) is 25.1 Å². The van der Waals surface area contributed by atoms with Crippen molar-refractivity contribution in [2.75, 3.05) is 13.1 Å². The summed E-state index contributed by atoms with van der Waals surface area (Å²) in [5.74, 6) is 0.0182. The molecule has 6 heteroatoms. The van der Waals surface area contributed by atoms with E-state index in [-0.39, 0.29) is 12.5 Å². The van der Waals surface area contributed by atoms with Gasteiger partial charge in [-0.2, -0.15) is 15.4 Å². The molecule has 1 atom stereocenters. The van der Waals surface area contributed by atoms with Gasteiger partial charge in [-0.05, 0) is 16.3 Å². The maximum absolute atomic E-state index is 12.6.